The van der Waals surface area contributed by atoms with Gasteiger partial charge in [0, 0.05) is 24.5 Å². The van der Waals surface area contributed by atoms with Crippen LogP contribution in [0.3, 0.4) is 0 Å². The number of nitrogens with zero attached hydrogens (tertiary/aromatic N) is 1. The number of halogens is 2. The summed E-state index contributed by atoms with van der Waals surface area (Å²) in [6.45, 7) is 0.244. The van der Waals surface area contributed by atoms with Gasteiger partial charge in [-0.2, -0.15) is 0 Å². The van der Waals surface area contributed by atoms with Crippen LogP contribution in [-0.4, -0.2) is 4.98 Å². The smallest absolute Gasteiger partial charge is 0.265 e. The average Bonchev–Trinajstić information content (AvgIpc) is 2.05. The minimum Gasteiger partial charge on any atom is -0.326 e. The maximum absolute atomic E-state index is 12.0. The van der Waals surface area contributed by atoms with Crippen molar-refractivity contribution in [1.82, 2.24) is 4.98 Å². The predicted molar refractivity (Wildman–Crippen MR) is 37.1 cm³/mol. The summed E-state index contributed by atoms with van der Waals surface area (Å²) < 4.78 is 24.0. The van der Waals surface area contributed by atoms with Crippen LogP contribution in [0, 0.1) is 0 Å². The highest BCUT2D eigenvalue weighted by molar-refractivity contribution is 5.18. The molecular weight excluding hydrogens is 150 g/mol. The van der Waals surface area contributed by atoms with Crippen molar-refractivity contribution in [2.45, 2.75) is 13.0 Å². The lowest BCUT2D eigenvalue weighted by Crippen LogP contribution is -1.98. The second-order valence-electron chi connectivity index (χ2n) is 2.13. The minimum absolute atomic E-state index is 0.0760. The fourth-order valence-electron chi connectivity index (χ4n) is 0.739. The second kappa shape index (κ2) is 3.39. The molecule has 0 spiro atoms. The summed E-state index contributed by atoms with van der Waals surface area (Å²) in [5, 5.41) is 0. The predicted octanol–water partition coefficient (Wildman–Crippen LogP) is 1.48. The van der Waals surface area contributed by atoms with Gasteiger partial charge in [-0.25, -0.2) is 8.78 Å². The quantitative estimate of drug-likeness (QED) is 0.707. The second-order valence-corrected chi connectivity index (χ2v) is 2.13. The average molecular weight is 158 g/mol. The molecule has 0 aromatic carbocycles. The van der Waals surface area contributed by atoms with E-state index >= 15 is 0 Å². The molecule has 1 aromatic rings. The molecule has 0 radical (unpaired) electrons. The lowest BCUT2D eigenvalue weighted by atomic mass is 10.2. The van der Waals surface area contributed by atoms with Crippen LogP contribution in [0.5, 0.6) is 0 Å². The van der Waals surface area contributed by atoms with Crippen molar-refractivity contribution in [2.75, 3.05) is 0 Å². The summed E-state index contributed by atoms with van der Waals surface area (Å²) in [6.07, 6.45) is 0.157. The van der Waals surface area contributed by atoms with Gasteiger partial charge >= 0.3 is 0 Å². The summed E-state index contributed by atoms with van der Waals surface area (Å²) in [6, 6.07) is 1.36. The number of rotatable bonds is 2. The van der Waals surface area contributed by atoms with Crippen molar-refractivity contribution in [3.63, 3.8) is 0 Å². The summed E-state index contributed by atoms with van der Waals surface area (Å²) >= 11 is 0. The normalized spacial score (nSPS) is 10.5. The van der Waals surface area contributed by atoms with E-state index in [1.165, 1.54) is 12.3 Å². The molecule has 0 saturated carbocycles. The molecule has 2 nitrogen and oxygen atoms in total. The van der Waals surface area contributed by atoms with Crippen molar-refractivity contribution in [3.8, 4) is 0 Å². The van der Waals surface area contributed by atoms with E-state index in [1.807, 2.05) is 0 Å². The molecule has 0 aliphatic carbocycles. The maximum Gasteiger partial charge on any atom is 0.265 e. The van der Waals surface area contributed by atoms with Crippen LogP contribution in [0.1, 0.15) is 17.6 Å². The van der Waals surface area contributed by atoms with Gasteiger partial charge in [-0.1, -0.05) is 0 Å². The SMILES string of the molecule is NCc1cncc(C(F)F)c1. The highest BCUT2D eigenvalue weighted by Gasteiger charge is 2.06. The van der Waals surface area contributed by atoms with E-state index in [-0.39, 0.29) is 12.1 Å². The van der Waals surface area contributed by atoms with Crippen LogP contribution in [-0.2, 0) is 6.54 Å². The van der Waals surface area contributed by atoms with Crippen LogP contribution in [0.4, 0.5) is 8.78 Å². The molecule has 11 heavy (non-hydrogen) atoms. The van der Waals surface area contributed by atoms with E-state index < -0.39 is 6.43 Å². The Bertz CT molecular complexity index is 238. The van der Waals surface area contributed by atoms with Crippen LogP contribution in [0.2, 0.25) is 0 Å². The largest absolute Gasteiger partial charge is 0.326 e. The number of aromatic nitrogens is 1. The number of hydrogen-bond acceptors (Lipinski definition) is 2. The van der Waals surface area contributed by atoms with Gasteiger partial charge in [-0.3, -0.25) is 4.98 Å². The zero-order chi connectivity index (χ0) is 8.27. The van der Waals surface area contributed by atoms with Gasteiger partial charge in [0.05, 0.1) is 0 Å². The Balaban J connectivity index is 2.91. The van der Waals surface area contributed by atoms with Crippen LogP contribution >= 0.6 is 0 Å². The van der Waals surface area contributed by atoms with Crippen molar-refractivity contribution in [2.24, 2.45) is 5.73 Å². The highest BCUT2D eigenvalue weighted by atomic mass is 19.3. The maximum atomic E-state index is 12.0. The molecule has 0 atom stereocenters. The van der Waals surface area contributed by atoms with E-state index in [4.69, 9.17) is 5.73 Å². The van der Waals surface area contributed by atoms with Crippen LogP contribution < -0.4 is 5.73 Å². The first-order chi connectivity index (χ1) is 5.24. The number of hydrogen-bond donors (Lipinski definition) is 1. The van der Waals surface area contributed by atoms with E-state index in [1.54, 1.807) is 0 Å². The first kappa shape index (κ1) is 8.07. The molecule has 0 fully saturated rings. The molecule has 1 rings (SSSR count). The van der Waals surface area contributed by atoms with Gasteiger partial charge in [0.2, 0.25) is 0 Å². The Morgan fingerprint density at radius 1 is 1.45 bits per heavy atom. The molecular formula is C7H8F2N2. The third kappa shape index (κ3) is 1.94. The topological polar surface area (TPSA) is 38.9 Å². The molecule has 0 unspecified atom stereocenters. The van der Waals surface area contributed by atoms with E-state index in [0.717, 1.165) is 6.20 Å². The van der Waals surface area contributed by atoms with E-state index in [0.29, 0.717) is 5.56 Å². The minimum atomic E-state index is -2.46. The van der Waals surface area contributed by atoms with Crippen molar-refractivity contribution in [3.05, 3.63) is 29.6 Å². The van der Waals surface area contributed by atoms with Gasteiger partial charge in [0.15, 0.2) is 0 Å². The zero-order valence-electron chi connectivity index (χ0n) is 5.80. The lowest BCUT2D eigenvalue weighted by molar-refractivity contribution is 0.151. The first-order valence-corrected chi connectivity index (χ1v) is 3.16. The number of nitrogens with two attached hydrogens (primary N) is 1. The molecule has 1 aromatic heterocycles. The fourth-order valence-corrected chi connectivity index (χ4v) is 0.739. The molecule has 60 valence electrons. The van der Waals surface area contributed by atoms with Gasteiger partial charge in [-0.15, -0.1) is 0 Å². The Kier molecular flexibility index (Phi) is 2.48. The third-order valence-electron chi connectivity index (χ3n) is 1.30. The Labute approximate surface area is 63.1 Å². The van der Waals surface area contributed by atoms with Crippen molar-refractivity contribution < 1.29 is 8.78 Å². The number of pyridine rings is 1. The molecule has 0 bridgehead atoms. The standard InChI is InChI=1S/C7H8F2N2/c8-7(9)6-1-5(2-10)3-11-4-6/h1,3-4,7H,2,10H2. The Morgan fingerprint density at radius 2 is 2.18 bits per heavy atom. The summed E-state index contributed by atoms with van der Waals surface area (Å²) in [5.74, 6) is 0. The zero-order valence-corrected chi connectivity index (χ0v) is 5.80. The van der Waals surface area contributed by atoms with E-state index in [2.05, 4.69) is 4.98 Å². The lowest BCUT2D eigenvalue weighted by Gasteiger charge is -1.99. The molecule has 0 aliphatic rings. The fraction of sp³-hybridized carbons (Fsp3) is 0.286. The Morgan fingerprint density at radius 3 is 2.73 bits per heavy atom. The monoisotopic (exact) mass is 158 g/mol. The Hall–Kier alpha value is -1.03. The summed E-state index contributed by atoms with van der Waals surface area (Å²) in [5.41, 5.74) is 5.79. The van der Waals surface area contributed by atoms with Crippen LogP contribution in [0.25, 0.3) is 0 Å². The van der Waals surface area contributed by atoms with Gasteiger partial charge in [-0.05, 0) is 11.6 Å². The van der Waals surface area contributed by atoms with Crippen molar-refractivity contribution >= 4 is 0 Å². The van der Waals surface area contributed by atoms with Crippen molar-refractivity contribution in [1.29, 1.82) is 0 Å². The van der Waals surface area contributed by atoms with Crippen LogP contribution in [0.15, 0.2) is 18.5 Å². The van der Waals surface area contributed by atoms with Gasteiger partial charge < -0.3 is 5.73 Å². The third-order valence-corrected chi connectivity index (χ3v) is 1.30. The van der Waals surface area contributed by atoms with Gasteiger partial charge in [0.1, 0.15) is 0 Å². The molecule has 0 aliphatic heterocycles. The molecule has 0 saturated heterocycles. The first-order valence-electron chi connectivity index (χ1n) is 3.16. The van der Waals surface area contributed by atoms with E-state index in [9.17, 15) is 8.78 Å². The molecule has 0 amide bonds. The van der Waals surface area contributed by atoms with Gasteiger partial charge in [0.25, 0.3) is 6.43 Å². The molecule has 2 N–H and O–H groups in total. The highest BCUT2D eigenvalue weighted by Crippen LogP contribution is 2.17. The number of alkyl halides is 2. The summed E-state index contributed by atoms with van der Waals surface area (Å²) in [7, 11) is 0. The molecule has 4 heteroatoms. The molecule has 1 heterocycles. The summed E-state index contributed by atoms with van der Waals surface area (Å²) in [4.78, 5) is 3.62.